The highest BCUT2D eigenvalue weighted by Crippen LogP contribution is 2.26. The van der Waals surface area contributed by atoms with E-state index in [0.717, 1.165) is 38.4 Å². The van der Waals surface area contributed by atoms with Crippen LogP contribution in [0.25, 0.3) is 0 Å². The minimum absolute atomic E-state index is 0.281. The van der Waals surface area contributed by atoms with Crippen LogP contribution in [-0.4, -0.2) is 50.9 Å². The summed E-state index contributed by atoms with van der Waals surface area (Å²) in [4.78, 5) is 2.49. The maximum Gasteiger partial charge on any atom is 0.124 e. The second-order valence-corrected chi connectivity index (χ2v) is 5.47. The molecular formula is C17H28N2O2. The molecule has 1 aliphatic rings. The van der Waals surface area contributed by atoms with Crippen molar-refractivity contribution in [2.24, 2.45) is 0 Å². The molecule has 0 aliphatic carbocycles. The highest BCUT2D eigenvalue weighted by atomic mass is 16.5. The van der Waals surface area contributed by atoms with E-state index < -0.39 is 0 Å². The van der Waals surface area contributed by atoms with Crippen LogP contribution in [0.3, 0.4) is 0 Å². The lowest BCUT2D eigenvalue weighted by Gasteiger charge is -2.35. The van der Waals surface area contributed by atoms with E-state index in [9.17, 15) is 0 Å². The normalized spacial score (nSPS) is 21.2. The number of nitrogens with zero attached hydrogens (tertiary/aromatic N) is 1. The number of rotatable bonds is 7. The van der Waals surface area contributed by atoms with Gasteiger partial charge in [-0.1, -0.05) is 25.1 Å². The van der Waals surface area contributed by atoms with Crippen LogP contribution in [0.15, 0.2) is 24.3 Å². The first-order chi connectivity index (χ1) is 10.3. The van der Waals surface area contributed by atoms with Crippen molar-refractivity contribution in [2.75, 3.05) is 39.9 Å². The molecule has 1 saturated heterocycles. The van der Waals surface area contributed by atoms with Crippen molar-refractivity contribution in [1.82, 2.24) is 10.2 Å². The predicted molar refractivity (Wildman–Crippen MR) is 85.9 cm³/mol. The number of hydrogen-bond acceptors (Lipinski definition) is 4. The van der Waals surface area contributed by atoms with Crippen LogP contribution in [-0.2, 0) is 4.74 Å². The van der Waals surface area contributed by atoms with Crippen molar-refractivity contribution in [1.29, 1.82) is 0 Å². The summed E-state index contributed by atoms with van der Waals surface area (Å²) in [5.74, 6) is 0.986. The minimum Gasteiger partial charge on any atom is -0.494 e. The molecule has 0 spiro atoms. The molecular weight excluding hydrogens is 264 g/mol. The number of ether oxygens (including phenoxy) is 2. The monoisotopic (exact) mass is 292 g/mol. The number of morpholine rings is 1. The lowest BCUT2D eigenvalue weighted by Crippen LogP contribution is -2.45. The van der Waals surface area contributed by atoms with E-state index in [1.54, 1.807) is 0 Å². The summed E-state index contributed by atoms with van der Waals surface area (Å²) in [5.41, 5.74) is 1.24. The first-order valence-corrected chi connectivity index (χ1v) is 8.01. The molecule has 1 N–H and O–H groups in total. The Morgan fingerprint density at radius 3 is 2.90 bits per heavy atom. The number of nitrogens with one attached hydrogen (secondary N) is 1. The Kier molecular flexibility index (Phi) is 6.49. The lowest BCUT2D eigenvalue weighted by molar-refractivity contribution is -0.0321. The molecule has 1 fully saturated rings. The van der Waals surface area contributed by atoms with Crippen LogP contribution < -0.4 is 10.1 Å². The Hall–Kier alpha value is -1.10. The average Bonchev–Trinajstić information content (AvgIpc) is 2.54. The standard InChI is InChI=1S/C17H28N2O2/c1-4-14-12-19(10-11-21-14)13-16(18-3)15-8-6-7-9-17(15)20-5-2/h6-9,14,16,18H,4-5,10-13H2,1-3H3. The molecule has 1 heterocycles. The number of hydrogen-bond donors (Lipinski definition) is 1. The Balaban J connectivity index is 2.05. The Bertz CT molecular complexity index is 425. The third-order valence-corrected chi connectivity index (χ3v) is 4.06. The van der Waals surface area contributed by atoms with Gasteiger partial charge in [0.15, 0.2) is 0 Å². The molecule has 0 radical (unpaired) electrons. The Labute approximate surface area is 128 Å². The van der Waals surface area contributed by atoms with E-state index >= 15 is 0 Å². The zero-order chi connectivity index (χ0) is 15.1. The van der Waals surface area contributed by atoms with E-state index in [2.05, 4.69) is 35.3 Å². The third-order valence-electron chi connectivity index (χ3n) is 4.06. The quantitative estimate of drug-likeness (QED) is 0.837. The summed E-state index contributed by atoms with van der Waals surface area (Å²) in [6.45, 7) is 8.76. The maximum absolute atomic E-state index is 5.77. The molecule has 118 valence electrons. The first kappa shape index (κ1) is 16.3. The fourth-order valence-corrected chi connectivity index (χ4v) is 2.85. The number of para-hydroxylation sites is 1. The fourth-order valence-electron chi connectivity index (χ4n) is 2.85. The summed E-state index contributed by atoms with van der Waals surface area (Å²) in [6, 6.07) is 8.60. The fraction of sp³-hybridized carbons (Fsp3) is 0.647. The molecule has 1 aromatic rings. The molecule has 2 atom stereocenters. The zero-order valence-electron chi connectivity index (χ0n) is 13.5. The van der Waals surface area contributed by atoms with Gasteiger partial charge in [0.25, 0.3) is 0 Å². The van der Waals surface area contributed by atoms with Gasteiger partial charge in [0, 0.05) is 31.2 Å². The summed E-state index contributed by atoms with van der Waals surface area (Å²) in [6.07, 6.45) is 1.45. The van der Waals surface area contributed by atoms with E-state index in [1.165, 1.54) is 5.56 Å². The van der Waals surface area contributed by atoms with Crippen LogP contribution in [0.2, 0.25) is 0 Å². The highest BCUT2D eigenvalue weighted by molar-refractivity contribution is 5.36. The van der Waals surface area contributed by atoms with Gasteiger partial charge in [0.2, 0.25) is 0 Å². The van der Waals surface area contributed by atoms with E-state index in [4.69, 9.17) is 9.47 Å². The summed E-state index contributed by atoms with van der Waals surface area (Å²) in [5, 5.41) is 3.43. The summed E-state index contributed by atoms with van der Waals surface area (Å²) < 4.78 is 11.5. The van der Waals surface area contributed by atoms with E-state index in [-0.39, 0.29) is 6.04 Å². The highest BCUT2D eigenvalue weighted by Gasteiger charge is 2.23. The summed E-state index contributed by atoms with van der Waals surface area (Å²) >= 11 is 0. The SMILES string of the molecule is CCOc1ccccc1C(CN1CCOC(CC)C1)NC. The van der Waals surface area contributed by atoms with Gasteiger partial charge in [-0.2, -0.15) is 0 Å². The predicted octanol–water partition coefficient (Wildman–Crippen LogP) is 2.46. The number of benzene rings is 1. The molecule has 0 amide bonds. The molecule has 2 unspecified atom stereocenters. The van der Waals surface area contributed by atoms with Crippen LogP contribution in [0.4, 0.5) is 0 Å². The molecule has 4 nitrogen and oxygen atoms in total. The molecule has 21 heavy (non-hydrogen) atoms. The van der Waals surface area contributed by atoms with Crippen molar-refractivity contribution in [3.8, 4) is 5.75 Å². The molecule has 0 bridgehead atoms. The van der Waals surface area contributed by atoms with Crippen LogP contribution in [0, 0.1) is 0 Å². The van der Waals surface area contributed by atoms with Gasteiger partial charge in [0.05, 0.1) is 19.3 Å². The molecule has 2 rings (SSSR count). The second-order valence-electron chi connectivity index (χ2n) is 5.47. The zero-order valence-corrected chi connectivity index (χ0v) is 13.5. The van der Waals surface area contributed by atoms with Crippen molar-refractivity contribution in [2.45, 2.75) is 32.4 Å². The number of likely N-dealkylation sites (N-methyl/N-ethyl adjacent to an activating group) is 1. The van der Waals surface area contributed by atoms with Crippen LogP contribution in [0.1, 0.15) is 31.9 Å². The van der Waals surface area contributed by atoms with Gasteiger partial charge < -0.3 is 14.8 Å². The Morgan fingerprint density at radius 1 is 1.38 bits per heavy atom. The minimum atomic E-state index is 0.281. The summed E-state index contributed by atoms with van der Waals surface area (Å²) in [7, 11) is 2.02. The lowest BCUT2D eigenvalue weighted by atomic mass is 10.0. The average molecular weight is 292 g/mol. The first-order valence-electron chi connectivity index (χ1n) is 8.01. The molecule has 1 aromatic carbocycles. The molecule has 1 aliphatic heterocycles. The van der Waals surface area contributed by atoms with Crippen molar-refractivity contribution < 1.29 is 9.47 Å². The van der Waals surface area contributed by atoms with E-state index in [1.807, 2.05) is 20.0 Å². The van der Waals surface area contributed by atoms with Crippen LogP contribution in [0.5, 0.6) is 5.75 Å². The maximum atomic E-state index is 5.77. The van der Waals surface area contributed by atoms with Gasteiger partial charge in [-0.05, 0) is 26.5 Å². The van der Waals surface area contributed by atoms with Gasteiger partial charge in [0.1, 0.15) is 5.75 Å². The van der Waals surface area contributed by atoms with Gasteiger partial charge in [-0.3, -0.25) is 4.90 Å². The van der Waals surface area contributed by atoms with E-state index in [0.29, 0.717) is 12.7 Å². The largest absolute Gasteiger partial charge is 0.494 e. The van der Waals surface area contributed by atoms with Crippen LogP contribution >= 0.6 is 0 Å². The Morgan fingerprint density at radius 2 is 2.19 bits per heavy atom. The topological polar surface area (TPSA) is 33.7 Å². The smallest absolute Gasteiger partial charge is 0.124 e. The van der Waals surface area contributed by atoms with Crippen molar-refractivity contribution in [3.05, 3.63) is 29.8 Å². The van der Waals surface area contributed by atoms with Gasteiger partial charge >= 0.3 is 0 Å². The van der Waals surface area contributed by atoms with Crippen molar-refractivity contribution >= 4 is 0 Å². The molecule has 0 aromatic heterocycles. The molecule has 4 heteroatoms. The van der Waals surface area contributed by atoms with Gasteiger partial charge in [-0.25, -0.2) is 0 Å². The molecule has 0 saturated carbocycles. The second kappa shape index (κ2) is 8.37. The van der Waals surface area contributed by atoms with Crippen molar-refractivity contribution in [3.63, 3.8) is 0 Å². The third kappa shape index (κ3) is 4.43. The van der Waals surface area contributed by atoms with Gasteiger partial charge in [-0.15, -0.1) is 0 Å².